The van der Waals surface area contributed by atoms with E-state index in [-0.39, 0.29) is 12.1 Å². The van der Waals surface area contributed by atoms with E-state index in [1.54, 1.807) is 7.11 Å². The normalized spacial score (nSPS) is 18.6. The van der Waals surface area contributed by atoms with Crippen molar-refractivity contribution in [2.24, 2.45) is 5.92 Å². The average Bonchev–Trinajstić information content (AvgIpc) is 2.84. The van der Waals surface area contributed by atoms with Gasteiger partial charge in [0.2, 0.25) is 5.91 Å². The summed E-state index contributed by atoms with van der Waals surface area (Å²) in [4.78, 5) is 14.1. The molecular formula is C17H26N2O2. The molecule has 1 aliphatic heterocycles. The number of methoxy groups -OCH3 is 1. The highest BCUT2D eigenvalue weighted by molar-refractivity contribution is 5.81. The third-order valence-electron chi connectivity index (χ3n) is 3.94. The minimum atomic E-state index is -0.0623. The van der Waals surface area contributed by atoms with Crippen molar-refractivity contribution >= 4 is 5.91 Å². The summed E-state index contributed by atoms with van der Waals surface area (Å²) in [6.07, 6.45) is 3.37. The van der Waals surface area contributed by atoms with Crippen molar-refractivity contribution in [3.05, 3.63) is 29.8 Å². The van der Waals surface area contributed by atoms with Crippen molar-refractivity contribution in [3.8, 4) is 5.75 Å². The number of benzene rings is 1. The van der Waals surface area contributed by atoms with Gasteiger partial charge in [-0.1, -0.05) is 44.9 Å². The van der Waals surface area contributed by atoms with Crippen molar-refractivity contribution in [3.63, 3.8) is 0 Å². The van der Waals surface area contributed by atoms with Crippen LogP contribution in [-0.4, -0.2) is 31.0 Å². The Morgan fingerprint density at radius 3 is 2.81 bits per heavy atom. The molecule has 1 saturated heterocycles. The van der Waals surface area contributed by atoms with E-state index in [1.807, 2.05) is 29.2 Å². The van der Waals surface area contributed by atoms with E-state index < -0.39 is 0 Å². The van der Waals surface area contributed by atoms with Gasteiger partial charge in [-0.15, -0.1) is 0 Å². The maximum absolute atomic E-state index is 12.1. The number of hydrogen-bond donors (Lipinski definition) is 1. The SMILES string of the molecule is COc1ccccc1C1NCC(=O)N1CCCCC(C)C. The summed E-state index contributed by atoms with van der Waals surface area (Å²) in [7, 11) is 1.67. The van der Waals surface area contributed by atoms with Gasteiger partial charge in [0.05, 0.1) is 13.7 Å². The van der Waals surface area contributed by atoms with Gasteiger partial charge in [-0.3, -0.25) is 10.1 Å². The average molecular weight is 290 g/mol. The third-order valence-corrected chi connectivity index (χ3v) is 3.94. The fraction of sp³-hybridized carbons (Fsp3) is 0.588. The van der Waals surface area contributed by atoms with Crippen LogP contribution in [-0.2, 0) is 4.79 Å². The molecule has 0 aromatic heterocycles. The molecule has 1 amide bonds. The fourth-order valence-corrected chi connectivity index (χ4v) is 2.80. The van der Waals surface area contributed by atoms with Crippen LogP contribution in [0.15, 0.2) is 24.3 Å². The Morgan fingerprint density at radius 1 is 1.33 bits per heavy atom. The van der Waals surface area contributed by atoms with Crippen LogP contribution >= 0.6 is 0 Å². The van der Waals surface area contributed by atoms with Crippen LogP contribution in [0, 0.1) is 5.92 Å². The van der Waals surface area contributed by atoms with E-state index in [2.05, 4.69) is 19.2 Å². The van der Waals surface area contributed by atoms with Gasteiger partial charge in [0.15, 0.2) is 0 Å². The lowest BCUT2D eigenvalue weighted by molar-refractivity contribution is -0.128. The van der Waals surface area contributed by atoms with E-state index in [0.29, 0.717) is 6.54 Å². The quantitative estimate of drug-likeness (QED) is 0.785. The number of carbonyl (C=O) groups excluding carboxylic acids is 1. The minimum absolute atomic E-state index is 0.0623. The Labute approximate surface area is 127 Å². The summed E-state index contributed by atoms with van der Waals surface area (Å²) < 4.78 is 5.42. The second-order valence-corrected chi connectivity index (χ2v) is 6.00. The number of unbranched alkanes of at least 4 members (excludes halogenated alkanes) is 1. The molecule has 0 bridgehead atoms. The lowest BCUT2D eigenvalue weighted by atomic mass is 10.1. The van der Waals surface area contributed by atoms with E-state index in [1.165, 1.54) is 12.8 Å². The molecule has 1 atom stereocenters. The molecule has 0 aliphatic carbocycles. The van der Waals surface area contributed by atoms with E-state index in [9.17, 15) is 4.79 Å². The highest BCUT2D eigenvalue weighted by Crippen LogP contribution is 2.30. The van der Waals surface area contributed by atoms with Gasteiger partial charge in [0.1, 0.15) is 11.9 Å². The Hall–Kier alpha value is -1.55. The van der Waals surface area contributed by atoms with Crippen LogP contribution in [0.5, 0.6) is 5.75 Å². The maximum Gasteiger partial charge on any atom is 0.238 e. The van der Waals surface area contributed by atoms with Gasteiger partial charge in [0.25, 0.3) is 0 Å². The predicted octanol–water partition coefficient (Wildman–Crippen LogP) is 2.95. The Morgan fingerprint density at radius 2 is 2.10 bits per heavy atom. The highest BCUT2D eigenvalue weighted by Gasteiger charge is 2.32. The molecule has 1 aromatic rings. The zero-order chi connectivity index (χ0) is 15.2. The number of amides is 1. The second-order valence-electron chi connectivity index (χ2n) is 6.00. The first kappa shape index (κ1) is 15.8. The van der Waals surface area contributed by atoms with E-state index >= 15 is 0 Å². The third kappa shape index (κ3) is 3.97. The molecule has 0 saturated carbocycles. The molecule has 1 fully saturated rings. The number of hydrogen-bond acceptors (Lipinski definition) is 3. The van der Waals surface area contributed by atoms with Gasteiger partial charge in [-0.2, -0.15) is 0 Å². The van der Waals surface area contributed by atoms with Gasteiger partial charge in [0, 0.05) is 12.1 Å². The van der Waals surface area contributed by atoms with Crippen molar-refractivity contribution < 1.29 is 9.53 Å². The standard InChI is InChI=1S/C17H26N2O2/c1-13(2)8-6-7-11-19-16(20)12-18-17(19)14-9-4-5-10-15(14)21-3/h4-5,9-10,13,17-18H,6-8,11-12H2,1-3H3. The van der Waals surface area contributed by atoms with E-state index in [4.69, 9.17) is 4.74 Å². The van der Waals surface area contributed by atoms with Gasteiger partial charge in [-0.05, 0) is 18.4 Å². The molecule has 21 heavy (non-hydrogen) atoms. The number of carbonyl (C=O) groups is 1. The van der Waals surface area contributed by atoms with Crippen LogP contribution < -0.4 is 10.1 Å². The van der Waals surface area contributed by atoms with Crippen LogP contribution in [0.25, 0.3) is 0 Å². The van der Waals surface area contributed by atoms with Crippen LogP contribution in [0.4, 0.5) is 0 Å². The van der Waals surface area contributed by atoms with Crippen LogP contribution in [0.2, 0.25) is 0 Å². The molecule has 1 unspecified atom stereocenters. The zero-order valence-corrected chi connectivity index (χ0v) is 13.3. The molecule has 1 heterocycles. The molecule has 116 valence electrons. The number of rotatable bonds is 7. The smallest absolute Gasteiger partial charge is 0.238 e. The predicted molar refractivity (Wildman–Crippen MR) is 84.1 cm³/mol. The summed E-state index contributed by atoms with van der Waals surface area (Å²) in [5.74, 6) is 1.73. The van der Waals surface area contributed by atoms with E-state index in [0.717, 1.165) is 30.2 Å². The van der Waals surface area contributed by atoms with Crippen molar-refractivity contribution in [1.82, 2.24) is 10.2 Å². The van der Waals surface area contributed by atoms with Crippen LogP contribution in [0.1, 0.15) is 44.8 Å². The molecule has 0 radical (unpaired) electrons. The Kier molecular flexibility index (Phi) is 5.62. The monoisotopic (exact) mass is 290 g/mol. The van der Waals surface area contributed by atoms with Crippen molar-refractivity contribution in [2.45, 2.75) is 39.3 Å². The molecule has 1 N–H and O–H groups in total. The largest absolute Gasteiger partial charge is 0.496 e. The first-order valence-corrected chi connectivity index (χ1v) is 7.79. The number of ether oxygens (including phenoxy) is 1. The first-order valence-electron chi connectivity index (χ1n) is 7.79. The summed E-state index contributed by atoms with van der Waals surface area (Å²) in [6, 6.07) is 7.90. The Balaban J connectivity index is 2.02. The molecule has 4 heteroatoms. The van der Waals surface area contributed by atoms with Gasteiger partial charge < -0.3 is 9.64 Å². The first-order chi connectivity index (χ1) is 10.1. The lowest BCUT2D eigenvalue weighted by Crippen LogP contribution is -2.31. The summed E-state index contributed by atoms with van der Waals surface area (Å²) >= 11 is 0. The van der Waals surface area contributed by atoms with Gasteiger partial charge >= 0.3 is 0 Å². The zero-order valence-electron chi connectivity index (χ0n) is 13.3. The topological polar surface area (TPSA) is 41.6 Å². The molecular weight excluding hydrogens is 264 g/mol. The Bertz CT molecular complexity index is 474. The number of nitrogens with zero attached hydrogens (tertiary/aromatic N) is 1. The number of para-hydroxylation sites is 1. The highest BCUT2D eigenvalue weighted by atomic mass is 16.5. The number of nitrogens with one attached hydrogen (secondary N) is 1. The minimum Gasteiger partial charge on any atom is -0.496 e. The lowest BCUT2D eigenvalue weighted by Gasteiger charge is -2.26. The fourth-order valence-electron chi connectivity index (χ4n) is 2.80. The van der Waals surface area contributed by atoms with Crippen LogP contribution in [0.3, 0.4) is 0 Å². The summed E-state index contributed by atoms with van der Waals surface area (Å²) in [5, 5.41) is 3.29. The molecule has 4 nitrogen and oxygen atoms in total. The van der Waals surface area contributed by atoms with Crippen molar-refractivity contribution in [1.29, 1.82) is 0 Å². The molecule has 1 aromatic carbocycles. The summed E-state index contributed by atoms with van der Waals surface area (Å²) in [6.45, 7) is 5.69. The van der Waals surface area contributed by atoms with Crippen molar-refractivity contribution in [2.75, 3.05) is 20.2 Å². The molecule has 2 rings (SSSR count). The molecule has 0 spiro atoms. The summed E-state index contributed by atoms with van der Waals surface area (Å²) in [5.41, 5.74) is 1.04. The molecule has 1 aliphatic rings. The van der Waals surface area contributed by atoms with Gasteiger partial charge in [-0.25, -0.2) is 0 Å². The second kappa shape index (κ2) is 7.46. The maximum atomic E-state index is 12.1.